The Hall–Kier alpha value is -3.64. The number of carbonyl (C=O) groups excluding carboxylic acids is 2. The Morgan fingerprint density at radius 3 is 1.76 bits per heavy atom. The molecule has 0 spiro atoms. The topological polar surface area (TPSA) is 64.7 Å². The Labute approximate surface area is 195 Å². The van der Waals surface area contributed by atoms with Gasteiger partial charge in [0.25, 0.3) is 11.8 Å². The second-order valence-corrected chi connectivity index (χ2v) is 8.75. The summed E-state index contributed by atoms with van der Waals surface area (Å²) in [5, 5.41) is 5.80. The lowest BCUT2D eigenvalue weighted by Gasteiger charge is -2.22. The van der Waals surface area contributed by atoms with Gasteiger partial charge in [-0.1, -0.05) is 17.7 Å². The van der Waals surface area contributed by atoms with Gasteiger partial charge in [-0.3, -0.25) is 9.59 Å². The highest BCUT2D eigenvalue weighted by Gasteiger charge is 2.24. The molecule has 0 radical (unpaired) electrons. The van der Waals surface area contributed by atoms with E-state index in [2.05, 4.69) is 46.7 Å². The molecule has 170 valence electrons. The Morgan fingerprint density at radius 1 is 0.788 bits per heavy atom. The molecule has 0 aliphatic carbocycles. The van der Waals surface area contributed by atoms with E-state index >= 15 is 0 Å². The Kier molecular flexibility index (Phi) is 6.75. The van der Waals surface area contributed by atoms with Gasteiger partial charge in [-0.15, -0.1) is 0 Å². The van der Waals surface area contributed by atoms with Gasteiger partial charge in [0, 0.05) is 47.3 Å². The van der Waals surface area contributed by atoms with Gasteiger partial charge in [0.05, 0.1) is 0 Å². The standard InChI is InChI=1S/C27H30N4O2/c1-19-4-6-20(7-5-19)26(32)28-22-10-8-21(9-11-22)27(33)29-23-12-14-24(15-13-23)31-17-16-25(18-31)30(2)3/h4-15,25H,16-18H2,1-3H3,(H,28,32)(H,29,33). The van der Waals surface area contributed by atoms with E-state index in [0.29, 0.717) is 22.9 Å². The van der Waals surface area contributed by atoms with Crippen LogP contribution in [-0.2, 0) is 0 Å². The maximum atomic E-state index is 12.6. The Bertz CT molecular complexity index is 1110. The molecule has 0 aromatic heterocycles. The Morgan fingerprint density at radius 2 is 1.27 bits per heavy atom. The van der Waals surface area contributed by atoms with Crippen molar-refractivity contribution >= 4 is 28.9 Å². The molecular weight excluding hydrogens is 412 g/mol. The predicted molar refractivity (Wildman–Crippen MR) is 134 cm³/mol. The molecule has 0 saturated carbocycles. The van der Waals surface area contributed by atoms with Crippen molar-refractivity contribution in [3.63, 3.8) is 0 Å². The van der Waals surface area contributed by atoms with E-state index in [1.807, 2.05) is 31.2 Å². The fourth-order valence-electron chi connectivity index (χ4n) is 3.97. The minimum Gasteiger partial charge on any atom is -0.370 e. The zero-order chi connectivity index (χ0) is 23.4. The first kappa shape index (κ1) is 22.6. The van der Waals surface area contributed by atoms with E-state index in [0.717, 1.165) is 30.8 Å². The monoisotopic (exact) mass is 442 g/mol. The van der Waals surface area contributed by atoms with Crippen LogP contribution in [0.3, 0.4) is 0 Å². The molecule has 0 bridgehead atoms. The van der Waals surface area contributed by atoms with Gasteiger partial charge in [0.2, 0.25) is 0 Å². The van der Waals surface area contributed by atoms with Crippen LogP contribution in [0.1, 0.15) is 32.7 Å². The third-order valence-electron chi connectivity index (χ3n) is 6.10. The third-order valence-corrected chi connectivity index (χ3v) is 6.10. The van der Waals surface area contributed by atoms with Gasteiger partial charge in [-0.2, -0.15) is 0 Å². The normalized spacial score (nSPS) is 15.5. The van der Waals surface area contributed by atoms with Crippen molar-refractivity contribution in [3.05, 3.63) is 89.5 Å². The van der Waals surface area contributed by atoms with Crippen molar-refractivity contribution in [1.82, 2.24) is 4.90 Å². The largest absolute Gasteiger partial charge is 0.370 e. The zero-order valence-corrected chi connectivity index (χ0v) is 19.3. The lowest BCUT2D eigenvalue weighted by Crippen LogP contribution is -2.31. The summed E-state index contributed by atoms with van der Waals surface area (Å²) in [4.78, 5) is 29.7. The van der Waals surface area contributed by atoms with Crippen LogP contribution in [0.5, 0.6) is 0 Å². The highest BCUT2D eigenvalue weighted by atomic mass is 16.2. The molecule has 6 heteroatoms. The lowest BCUT2D eigenvalue weighted by atomic mass is 10.1. The molecule has 33 heavy (non-hydrogen) atoms. The number of nitrogens with one attached hydrogen (secondary N) is 2. The molecule has 1 aliphatic heterocycles. The maximum absolute atomic E-state index is 12.6. The molecular formula is C27H30N4O2. The molecule has 1 heterocycles. The number of amides is 2. The van der Waals surface area contributed by atoms with Gasteiger partial charge in [-0.05, 0) is 88.1 Å². The van der Waals surface area contributed by atoms with Crippen molar-refractivity contribution in [2.75, 3.05) is 42.7 Å². The summed E-state index contributed by atoms with van der Waals surface area (Å²) in [6.45, 7) is 4.04. The first-order valence-corrected chi connectivity index (χ1v) is 11.2. The number of carbonyl (C=O) groups is 2. The van der Waals surface area contributed by atoms with Gasteiger partial charge < -0.3 is 20.4 Å². The molecule has 2 amide bonds. The number of hydrogen-bond acceptors (Lipinski definition) is 4. The van der Waals surface area contributed by atoms with Crippen molar-refractivity contribution in [3.8, 4) is 0 Å². The van der Waals surface area contributed by atoms with Crippen molar-refractivity contribution < 1.29 is 9.59 Å². The quantitative estimate of drug-likeness (QED) is 0.584. The van der Waals surface area contributed by atoms with Crippen LogP contribution in [0, 0.1) is 6.92 Å². The van der Waals surface area contributed by atoms with E-state index in [9.17, 15) is 9.59 Å². The number of likely N-dealkylation sites (N-methyl/N-ethyl adjacent to an activating group) is 1. The summed E-state index contributed by atoms with van der Waals surface area (Å²) >= 11 is 0. The van der Waals surface area contributed by atoms with Crippen LogP contribution in [0.2, 0.25) is 0 Å². The fraction of sp³-hybridized carbons (Fsp3) is 0.259. The van der Waals surface area contributed by atoms with Crippen LogP contribution in [0.15, 0.2) is 72.8 Å². The molecule has 3 aromatic carbocycles. The van der Waals surface area contributed by atoms with Crippen LogP contribution in [0.4, 0.5) is 17.1 Å². The molecule has 1 atom stereocenters. The van der Waals surface area contributed by atoms with Crippen LogP contribution in [0.25, 0.3) is 0 Å². The highest BCUT2D eigenvalue weighted by molar-refractivity contribution is 6.06. The van der Waals surface area contributed by atoms with E-state index < -0.39 is 0 Å². The molecule has 1 aliphatic rings. The number of hydrogen-bond donors (Lipinski definition) is 2. The van der Waals surface area contributed by atoms with Crippen molar-refractivity contribution in [1.29, 1.82) is 0 Å². The molecule has 4 rings (SSSR count). The summed E-state index contributed by atoms with van der Waals surface area (Å²) in [6.07, 6.45) is 1.16. The van der Waals surface area contributed by atoms with Gasteiger partial charge in [-0.25, -0.2) is 0 Å². The second kappa shape index (κ2) is 9.88. The average molecular weight is 443 g/mol. The number of nitrogens with zero attached hydrogens (tertiary/aromatic N) is 2. The maximum Gasteiger partial charge on any atom is 0.255 e. The number of rotatable bonds is 6. The first-order valence-electron chi connectivity index (χ1n) is 11.2. The predicted octanol–water partition coefficient (Wildman–Crippen LogP) is 4.64. The molecule has 3 aromatic rings. The number of anilines is 3. The molecule has 1 fully saturated rings. The summed E-state index contributed by atoms with van der Waals surface area (Å²) in [5.74, 6) is -0.366. The zero-order valence-electron chi connectivity index (χ0n) is 19.3. The SMILES string of the molecule is Cc1ccc(C(=O)Nc2ccc(C(=O)Nc3ccc(N4CCC(N(C)C)C4)cc3)cc2)cc1. The van der Waals surface area contributed by atoms with Gasteiger partial charge in [0.15, 0.2) is 0 Å². The van der Waals surface area contributed by atoms with Gasteiger partial charge in [0.1, 0.15) is 0 Å². The van der Waals surface area contributed by atoms with Crippen molar-refractivity contribution in [2.24, 2.45) is 0 Å². The molecule has 1 saturated heterocycles. The number of benzene rings is 3. The minimum atomic E-state index is -0.187. The summed E-state index contributed by atoms with van der Waals surface area (Å²) < 4.78 is 0. The smallest absolute Gasteiger partial charge is 0.255 e. The van der Waals surface area contributed by atoms with E-state index in [4.69, 9.17) is 0 Å². The molecule has 1 unspecified atom stereocenters. The third kappa shape index (κ3) is 5.59. The summed E-state index contributed by atoms with van der Waals surface area (Å²) in [7, 11) is 4.24. The van der Waals surface area contributed by atoms with E-state index in [1.54, 1.807) is 36.4 Å². The summed E-state index contributed by atoms with van der Waals surface area (Å²) in [6, 6.07) is 22.8. The highest BCUT2D eigenvalue weighted by Crippen LogP contribution is 2.24. The van der Waals surface area contributed by atoms with Crippen molar-refractivity contribution in [2.45, 2.75) is 19.4 Å². The molecule has 6 nitrogen and oxygen atoms in total. The van der Waals surface area contributed by atoms with Crippen LogP contribution in [-0.4, -0.2) is 49.9 Å². The second-order valence-electron chi connectivity index (χ2n) is 8.75. The number of aryl methyl sites for hydroxylation is 1. The summed E-state index contributed by atoms with van der Waals surface area (Å²) in [5.41, 5.74) is 4.79. The van der Waals surface area contributed by atoms with Gasteiger partial charge >= 0.3 is 0 Å². The minimum absolute atomic E-state index is 0.179. The van der Waals surface area contributed by atoms with Crippen LogP contribution < -0.4 is 15.5 Å². The average Bonchev–Trinajstić information content (AvgIpc) is 3.31. The fourth-order valence-corrected chi connectivity index (χ4v) is 3.97. The lowest BCUT2D eigenvalue weighted by molar-refractivity contribution is 0.102. The first-order chi connectivity index (χ1) is 15.9. The Balaban J connectivity index is 1.33. The van der Waals surface area contributed by atoms with E-state index in [-0.39, 0.29) is 11.8 Å². The van der Waals surface area contributed by atoms with Crippen LogP contribution >= 0.6 is 0 Å². The molecule has 2 N–H and O–H groups in total. The van der Waals surface area contributed by atoms with E-state index in [1.165, 1.54) is 5.69 Å².